The van der Waals surface area contributed by atoms with Crippen molar-refractivity contribution in [3.8, 4) is 0 Å². The maximum Gasteiger partial charge on any atom is 0.230 e. The van der Waals surface area contributed by atoms with Crippen molar-refractivity contribution in [1.82, 2.24) is 20.5 Å². The van der Waals surface area contributed by atoms with Gasteiger partial charge < -0.3 is 5.32 Å². The minimum Gasteiger partial charge on any atom is -0.351 e. The third kappa shape index (κ3) is 4.41. The molecule has 0 atom stereocenters. The fourth-order valence-electron chi connectivity index (χ4n) is 1.31. The lowest BCUT2D eigenvalue weighted by molar-refractivity contribution is -0.118. The molecule has 0 unspecified atom stereocenters. The number of nitrogens with zero attached hydrogens (tertiary/aromatic N) is 2. The molecule has 2 N–H and O–H groups in total. The molecule has 5 nitrogen and oxygen atoms in total. The molecule has 0 spiro atoms. The molecule has 0 aliphatic rings. The Morgan fingerprint density at radius 1 is 1.42 bits per heavy atom. The van der Waals surface area contributed by atoms with Crippen LogP contribution in [0.2, 0.25) is 10.0 Å². The second kappa shape index (κ2) is 6.79. The zero-order chi connectivity index (χ0) is 13.7. The summed E-state index contributed by atoms with van der Waals surface area (Å²) in [5, 5.41) is 10.9. The number of rotatable bonds is 5. The van der Waals surface area contributed by atoms with E-state index in [-0.39, 0.29) is 11.7 Å². The predicted molar refractivity (Wildman–Crippen MR) is 75.4 cm³/mol. The van der Waals surface area contributed by atoms with Gasteiger partial charge in [0.05, 0.1) is 5.75 Å². The Kier molecular flexibility index (Phi) is 5.07. The van der Waals surface area contributed by atoms with Crippen molar-refractivity contribution in [2.45, 2.75) is 11.7 Å². The normalized spacial score (nSPS) is 10.4. The molecule has 8 heteroatoms. The second-order valence-corrected chi connectivity index (χ2v) is 5.40. The van der Waals surface area contributed by atoms with E-state index in [0.717, 1.165) is 5.56 Å². The lowest BCUT2D eigenvalue weighted by Crippen LogP contribution is -2.24. The second-order valence-electron chi connectivity index (χ2n) is 3.59. The lowest BCUT2D eigenvalue weighted by atomic mass is 10.2. The maximum atomic E-state index is 11.6. The van der Waals surface area contributed by atoms with Crippen LogP contribution in [0, 0.1) is 0 Å². The van der Waals surface area contributed by atoms with Gasteiger partial charge >= 0.3 is 0 Å². The molecule has 0 bridgehead atoms. The van der Waals surface area contributed by atoms with Crippen molar-refractivity contribution in [3.05, 3.63) is 40.1 Å². The molecule has 1 heterocycles. The number of halogens is 2. The number of amides is 1. The fourth-order valence-corrected chi connectivity index (χ4v) is 2.39. The molecule has 100 valence electrons. The van der Waals surface area contributed by atoms with Gasteiger partial charge in [0, 0.05) is 16.6 Å². The molecule has 0 fully saturated rings. The summed E-state index contributed by atoms with van der Waals surface area (Å²) in [6, 6.07) is 5.17. The Balaban J connectivity index is 1.80. The van der Waals surface area contributed by atoms with E-state index >= 15 is 0 Å². The van der Waals surface area contributed by atoms with Gasteiger partial charge in [0.25, 0.3) is 0 Å². The molecule has 2 aromatic rings. The summed E-state index contributed by atoms with van der Waals surface area (Å²) in [7, 11) is 0. The largest absolute Gasteiger partial charge is 0.351 e. The Hall–Kier alpha value is -1.24. The highest BCUT2D eigenvalue weighted by molar-refractivity contribution is 7.99. The zero-order valence-electron chi connectivity index (χ0n) is 9.69. The van der Waals surface area contributed by atoms with Crippen LogP contribution in [0.15, 0.2) is 29.7 Å². The Morgan fingerprint density at radius 3 is 2.95 bits per heavy atom. The van der Waals surface area contributed by atoms with Gasteiger partial charge in [-0.3, -0.25) is 9.89 Å². The number of benzene rings is 1. The molecule has 0 aliphatic heterocycles. The van der Waals surface area contributed by atoms with Crippen LogP contribution in [0.5, 0.6) is 0 Å². The highest BCUT2D eigenvalue weighted by atomic mass is 35.5. The number of thioether (sulfide) groups is 1. The van der Waals surface area contributed by atoms with E-state index in [1.165, 1.54) is 18.1 Å². The fraction of sp³-hybridized carbons (Fsp3) is 0.182. The lowest BCUT2D eigenvalue weighted by Gasteiger charge is -2.06. The van der Waals surface area contributed by atoms with Gasteiger partial charge in [-0.05, 0) is 17.7 Å². The number of carbonyl (C=O) groups is 1. The van der Waals surface area contributed by atoms with E-state index in [2.05, 4.69) is 20.5 Å². The van der Waals surface area contributed by atoms with Crippen molar-refractivity contribution in [2.24, 2.45) is 0 Å². The van der Waals surface area contributed by atoms with Crippen LogP contribution in [0.1, 0.15) is 5.56 Å². The third-order valence-corrected chi connectivity index (χ3v) is 3.69. The first-order chi connectivity index (χ1) is 9.15. The summed E-state index contributed by atoms with van der Waals surface area (Å²) in [4.78, 5) is 15.5. The molecular formula is C11H10Cl2N4OS. The van der Waals surface area contributed by atoms with E-state index in [0.29, 0.717) is 21.7 Å². The monoisotopic (exact) mass is 316 g/mol. The zero-order valence-corrected chi connectivity index (χ0v) is 12.0. The number of hydrogen-bond donors (Lipinski definition) is 2. The van der Waals surface area contributed by atoms with Crippen LogP contribution in [0.3, 0.4) is 0 Å². The summed E-state index contributed by atoms with van der Waals surface area (Å²) >= 11 is 13.1. The van der Waals surface area contributed by atoms with Crippen LogP contribution >= 0.6 is 35.0 Å². The highest BCUT2D eigenvalue weighted by Crippen LogP contribution is 2.20. The minimum absolute atomic E-state index is 0.104. The van der Waals surface area contributed by atoms with Crippen LogP contribution < -0.4 is 5.32 Å². The molecule has 1 amide bonds. The summed E-state index contributed by atoms with van der Waals surface area (Å²) in [5.41, 5.74) is 0.823. The molecule has 1 aromatic carbocycles. The van der Waals surface area contributed by atoms with Crippen molar-refractivity contribution in [1.29, 1.82) is 0 Å². The third-order valence-electron chi connectivity index (χ3n) is 2.22. The van der Waals surface area contributed by atoms with Crippen LogP contribution in [0.4, 0.5) is 0 Å². The van der Waals surface area contributed by atoms with E-state index in [4.69, 9.17) is 23.2 Å². The van der Waals surface area contributed by atoms with Gasteiger partial charge in [-0.2, -0.15) is 5.10 Å². The van der Waals surface area contributed by atoms with Gasteiger partial charge in [-0.1, -0.05) is 41.0 Å². The predicted octanol–water partition coefficient (Wildman–Crippen LogP) is 2.52. The van der Waals surface area contributed by atoms with Crippen LogP contribution in [-0.2, 0) is 11.3 Å². The maximum absolute atomic E-state index is 11.6. The number of carbonyl (C=O) groups excluding carboxylic acids is 1. The Labute approximate surface area is 124 Å². The Bertz CT molecular complexity index is 562. The number of nitrogens with one attached hydrogen (secondary N) is 2. The van der Waals surface area contributed by atoms with Gasteiger partial charge in [0.15, 0.2) is 5.16 Å². The average molecular weight is 317 g/mol. The van der Waals surface area contributed by atoms with Gasteiger partial charge in [0.1, 0.15) is 6.33 Å². The molecule has 0 saturated heterocycles. The summed E-state index contributed by atoms with van der Waals surface area (Å²) < 4.78 is 0. The number of hydrogen-bond acceptors (Lipinski definition) is 4. The van der Waals surface area contributed by atoms with E-state index in [1.807, 2.05) is 0 Å². The van der Waals surface area contributed by atoms with Crippen LogP contribution in [0.25, 0.3) is 0 Å². The van der Waals surface area contributed by atoms with Gasteiger partial charge in [-0.15, -0.1) is 0 Å². The van der Waals surface area contributed by atoms with Crippen molar-refractivity contribution >= 4 is 40.9 Å². The number of H-pyrrole nitrogens is 1. The van der Waals surface area contributed by atoms with E-state index in [9.17, 15) is 4.79 Å². The molecule has 0 saturated carbocycles. The quantitative estimate of drug-likeness (QED) is 0.831. The average Bonchev–Trinajstić information content (AvgIpc) is 2.88. The first kappa shape index (κ1) is 14.2. The molecule has 0 radical (unpaired) electrons. The first-order valence-electron chi connectivity index (χ1n) is 5.34. The SMILES string of the molecule is O=C(CSc1ncn[nH]1)NCc1ccc(Cl)cc1Cl. The molecular weight excluding hydrogens is 307 g/mol. The van der Waals surface area contributed by atoms with E-state index < -0.39 is 0 Å². The summed E-state index contributed by atoms with van der Waals surface area (Å²) in [5.74, 6) is 0.160. The Morgan fingerprint density at radius 2 is 2.26 bits per heavy atom. The standard InChI is InChI=1S/C11H10Cl2N4OS/c12-8-2-1-7(9(13)3-8)4-14-10(18)5-19-11-15-6-16-17-11/h1-3,6H,4-5H2,(H,14,18)(H,15,16,17). The van der Waals surface area contributed by atoms with Crippen molar-refractivity contribution < 1.29 is 4.79 Å². The van der Waals surface area contributed by atoms with Gasteiger partial charge in [0.2, 0.25) is 5.91 Å². The molecule has 0 aliphatic carbocycles. The molecule has 2 rings (SSSR count). The minimum atomic E-state index is -0.104. The van der Waals surface area contributed by atoms with E-state index in [1.54, 1.807) is 18.2 Å². The highest BCUT2D eigenvalue weighted by Gasteiger charge is 2.06. The van der Waals surface area contributed by atoms with Crippen molar-refractivity contribution in [2.75, 3.05) is 5.75 Å². The number of aromatic amines is 1. The topological polar surface area (TPSA) is 70.7 Å². The first-order valence-corrected chi connectivity index (χ1v) is 7.08. The van der Waals surface area contributed by atoms with Crippen LogP contribution in [-0.4, -0.2) is 26.8 Å². The summed E-state index contributed by atoms with van der Waals surface area (Å²) in [6.45, 7) is 0.367. The van der Waals surface area contributed by atoms with Gasteiger partial charge in [-0.25, -0.2) is 4.98 Å². The summed E-state index contributed by atoms with van der Waals surface area (Å²) in [6.07, 6.45) is 1.40. The van der Waals surface area contributed by atoms with Crippen molar-refractivity contribution in [3.63, 3.8) is 0 Å². The smallest absolute Gasteiger partial charge is 0.230 e. The number of aromatic nitrogens is 3. The molecule has 19 heavy (non-hydrogen) atoms. The molecule has 1 aromatic heterocycles.